The molecule has 0 bridgehead atoms. The maximum absolute atomic E-state index is 12.4. The number of hydrogen-bond donors (Lipinski definition) is 2. The highest BCUT2D eigenvalue weighted by Gasteiger charge is 2.10. The van der Waals surface area contributed by atoms with Crippen molar-refractivity contribution in [2.24, 2.45) is 5.10 Å². The molecule has 0 saturated carbocycles. The monoisotopic (exact) mass is 385 g/mol. The fraction of sp³-hybridized carbons (Fsp3) is 0.125. The molecule has 0 heterocycles. The summed E-state index contributed by atoms with van der Waals surface area (Å²) in [6.07, 6.45) is 0.703. The van der Waals surface area contributed by atoms with Gasteiger partial charge in [0.1, 0.15) is 0 Å². The van der Waals surface area contributed by atoms with Crippen molar-refractivity contribution >= 4 is 23.2 Å². The number of amides is 2. The molecule has 0 fully saturated rings. The van der Waals surface area contributed by atoms with Crippen molar-refractivity contribution in [1.29, 1.82) is 0 Å². The zero-order chi connectivity index (χ0) is 20.6. The van der Waals surface area contributed by atoms with Gasteiger partial charge in [0.05, 0.1) is 5.71 Å². The van der Waals surface area contributed by atoms with Crippen molar-refractivity contribution < 1.29 is 9.59 Å². The lowest BCUT2D eigenvalue weighted by Crippen LogP contribution is -2.20. The Morgan fingerprint density at radius 3 is 2.10 bits per heavy atom. The Morgan fingerprint density at radius 1 is 0.793 bits per heavy atom. The normalized spacial score (nSPS) is 11.0. The average molecular weight is 385 g/mol. The number of hydrazone groups is 1. The van der Waals surface area contributed by atoms with Crippen LogP contribution in [0.15, 0.2) is 84.0 Å². The molecule has 0 spiro atoms. The molecular weight excluding hydrogens is 362 g/mol. The first-order valence-corrected chi connectivity index (χ1v) is 9.48. The molecule has 0 aliphatic rings. The number of hydrogen-bond acceptors (Lipinski definition) is 3. The van der Waals surface area contributed by atoms with E-state index in [2.05, 4.69) is 15.8 Å². The molecule has 5 heteroatoms. The van der Waals surface area contributed by atoms with E-state index in [1.807, 2.05) is 62.4 Å². The number of nitrogens with zero attached hydrogens (tertiary/aromatic N) is 1. The summed E-state index contributed by atoms with van der Waals surface area (Å²) < 4.78 is 0. The summed E-state index contributed by atoms with van der Waals surface area (Å²) in [6, 6.07) is 23.8. The van der Waals surface area contributed by atoms with Crippen LogP contribution >= 0.6 is 0 Å². The Morgan fingerprint density at radius 2 is 1.45 bits per heavy atom. The standard InChI is InChI=1S/C24H23N3O2/c1-3-22(18-10-5-4-6-11-18)26-27-23(28)19-13-15-20(16-14-19)25-24(29)21-12-8-7-9-17(21)2/h4-16H,3H2,1-2H3,(H,25,29)(H,27,28)/b26-22+. The summed E-state index contributed by atoms with van der Waals surface area (Å²) in [5.41, 5.74) is 7.00. The summed E-state index contributed by atoms with van der Waals surface area (Å²) in [5.74, 6) is -0.482. The van der Waals surface area contributed by atoms with Crippen LogP contribution in [0.4, 0.5) is 5.69 Å². The van der Waals surface area contributed by atoms with Crippen LogP contribution in [-0.2, 0) is 0 Å². The minimum atomic E-state index is -0.302. The van der Waals surface area contributed by atoms with Gasteiger partial charge in [-0.25, -0.2) is 5.43 Å². The number of aryl methyl sites for hydroxylation is 1. The molecule has 0 atom stereocenters. The van der Waals surface area contributed by atoms with Crippen LogP contribution in [0, 0.1) is 6.92 Å². The van der Waals surface area contributed by atoms with Crippen LogP contribution in [0.1, 0.15) is 45.2 Å². The zero-order valence-corrected chi connectivity index (χ0v) is 16.5. The molecular formula is C24H23N3O2. The second kappa shape index (κ2) is 9.46. The second-order valence-corrected chi connectivity index (χ2v) is 6.57. The summed E-state index contributed by atoms with van der Waals surface area (Å²) in [7, 11) is 0. The number of nitrogens with one attached hydrogen (secondary N) is 2. The van der Waals surface area contributed by atoms with Gasteiger partial charge in [-0.05, 0) is 54.8 Å². The number of benzene rings is 3. The molecule has 3 rings (SSSR count). The number of anilines is 1. The van der Waals surface area contributed by atoms with Gasteiger partial charge >= 0.3 is 0 Å². The molecule has 0 aliphatic carbocycles. The molecule has 29 heavy (non-hydrogen) atoms. The Balaban J connectivity index is 1.65. The van der Waals surface area contributed by atoms with E-state index < -0.39 is 0 Å². The van der Waals surface area contributed by atoms with Crippen molar-refractivity contribution in [1.82, 2.24) is 5.43 Å². The smallest absolute Gasteiger partial charge is 0.271 e. The highest BCUT2D eigenvalue weighted by atomic mass is 16.2. The van der Waals surface area contributed by atoms with E-state index in [1.54, 1.807) is 30.3 Å². The molecule has 0 saturated heterocycles. The van der Waals surface area contributed by atoms with E-state index in [-0.39, 0.29) is 11.8 Å². The molecule has 146 valence electrons. The zero-order valence-electron chi connectivity index (χ0n) is 16.5. The minimum absolute atomic E-state index is 0.180. The van der Waals surface area contributed by atoms with Crippen LogP contribution in [0.25, 0.3) is 0 Å². The van der Waals surface area contributed by atoms with Crippen molar-refractivity contribution in [2.45, 2.75) is 20.3 Å². The van der Waals surface area contributed by atoms with Crippen LogP contribution < -0.4 is 10.7 Å². The molecule has 0 unspecified atom stereocenters. The summed E-state index contributed by atoms with van der Waals surface area (Å²) in [4.78, 5) is 24.8. The lowest BCUT2D eigenvalue weighted by atomic mass is 10.1. The lowest BCUT2D eigenvalue weighted by Gasteiger charge is -2.08. The van der Waals surface area contributed by atoms with Gasteiger partial charge in [0.2, 0.25) is 0 Å². The largest absolute Gasteiger partial charge is 0.322 e. The third-order valence-electron chi connectivity index (χ3n) is 4.53. The van der Waals surface area contributed by atoms with E-state index in [9.17, 15) is 9.59 Å². The SMILES string of the molecule is CC/C(=N\NC(=O)c1ccc(NC(=O)c2ccccc2C)cc1)c1ccccc1. The predicted octanol–water partition coefficient (Wildman–Crippen LogP) is 4.79. The van der Waals surface area contributed by atoms with Crippen molar-refractivity contribution in [3.8, 4) is 0 Å². The van der Waals surface area contributed by atoms with Gasteiger partial charge in [-0.2, -0.15) is 5.10 Å². The first-order valence-electron chi connectivity index (χ1n) is 9.48. The highest BCUT2D eigenvalue weighted by Crippen LogP contribution is 2.14. The number of rotatable bonds is 6. The van der Waals surface area contributed by atoms with Gasteiger partial charge < -0.3 is 5.32 Å². The third kappa shape index (κ3) is 5.17. The average Bonchev–Trinajstić information content (AvgIpc) is 2.75. The summed E-state index contributed by atoms with van der Waals surface area (Å²) >= 11 is 0. The van der Waals surface area contributed by atoms with Crippen LogP contribution in [0.5, 0.6) is 0 Å². The van der Waals surface area contributed by atoms with Gasteiger partial charge in [-0.1, -0.05) is 55.5 Å². The molecule has 3 aromatic rings. The van der Waals surface area contributed by atoms with E-state index in [1.165, 1.54) is 0 Å². The molecule has 0 aliphatic heterocycles. The fourth-order valence-electron chi connectivity index (χ4n) is 2.89. The molecule has 3 aromatic carbocycles. The second-order valence-electron chi connectivity index (χ2n) is 6.57. The fourth-order valence-corrected chi connectivity index (χ4v) is 2.89. The Kier molecular flexibility index (Phi) is 6.53. The Hall–Kier alpha value is -3.73. The van der Waals surface area contributed by atoms with E-state index >= 15 is 0 Å². The number of carbonyl (C=O) groups excluding carboxylic acids is 2. The van der Waals surface area contributed by atoms with Crippen molar-refractivity contribution in [3.63, 3.8) is 0 Å². The highest BCUT2D eigenvalue weighted by molar-refractivity contribution is 6.05. The van der Waals surface area contributed by atoms with E-state index in [0.717, 1.165) is 16.8 Å². The van der Waals surface area contributed by atoms with Gasteiger partial charge in [-0.15, -0.1) is 0 Å². The Labute approximate surface area is 170 Å². The summed E-state index contributed by atoms with van der Waals surface area (Å²) in [6.45, 7) is 3.88. The molecule has 0 radical (unpaired) electrons. The topological polar surface area (TPSA) is 70.6 Å². The summed E-state index contributed by atoms with van der Waals surface area (Å²) in [5, 5.41) is 7.10. The maximum atomic E-state index is 12.4. The first-order chi connectivity index (χ1) is 14.1. The Bertz CT molecular complexity index is 1030. The lowest BCUT2D eigenvalue weighted by molar-refractivity contribution is 0.0954. The van der Waals surface area contributed by atoms with E-state index in [4.69, 9.17) is 0 Å². The third-order valence-corrected chi connectivity index (χ3v) is 4.53. The van der Waals surface area contributed by atoms with Gasteiger partial charge in [0.15, 0.2) is 0 Å². The number of carbonyl (C=O) groups is 2. The van der Waals surface area contributed by atoms with Gasteiger partial charge in [0, 0.05) is 16.8 Å². The van der Waals surface area contributed by atoms with Crippen molar-refractivity contribution in [2.75, 3.05) is 5.32 Å². The first kappa shape index (κ1) is 20.0. The molecule has 2 amide bonds. The van der Waals surface area contributed by atoms with Gasteiger partial charge in [0.25, 0.3) is 11.8 Å². The minimum Gasteiger partial charge on any atom is -0.322 e. The van der Waals surface area contributed by atoms with Crippen LogP contribution in [0.2, 0.25) is 0 Å². The van der Waals surface area contributed by atoms with Crippen molar-refractivity contribution in [3.05, 3.63) is 101 Å². The molecule has 2 N–H and O–H groups in total. The maximum Gasteiger partial charge on any atom is 0.271 e. The van der Waals surface area contributed by atoms with E-state index in [0.29, 0.717) is 23.2 Å². The predicted molar refractivity (Wildman–Crippen MR) is 116 cm³/mol. The van der Waals surface area contributed by atoms with Gasteiger partial charge in [-0.3, -0.25) is 9.59 Å². The molecule has 0 aromatic heterocycles. The quantitative estimate of drug-likeness (QED) is 0.473. The van der Waals surface area contributed by atoms with Crippen LogP contribution in [0.3, 0.4) is 0 Å². The van der Waals surface area contributed by atoms with Crippen LogP contribution in [-0.4, -0.2) is 17.5 Å². The molecule has 5 nitrogen and oxygen atoms in total.